The van der Waals surface area contributed by atoms with Crippen LogP contribution in [-0.2, 0) is 36.3 Å². The van der Waals surface area contributed by atoms with Crippen LogP contribution in [0.5, 0.6) is 0 Å². The van der Waals surface area contributed by atoms with Crippen molar-refractivity contribution in [2.24, 2.45) is 0 Å². The number of ether oxygens (including phenoxy) is 2. The maximum Gasteiger partial charge on any atom is 0.490 e. The molecule has 180 valence electrons. The first-order valence-corrected chi connectivity index (χ1v) is 13.1. The second-order valence-corrected chi connectivity index (χ2v) is 10.9. The topological polar surface area (TPSA) is 242 Å². The maximum atomic E-state index is 12.0. The van der Waals surface area contributed by atoms with Crippen LogP contribution in [0, 0.1) is 6.92 Å². The van der Waals surface area contributed by atoms with Crippen molar-refractivity contribution in [1.82, 2.24) is 19.5 Å². The van der Waals surface area contributed by atoms with Gasteiger partial charge < -0.3 is 34.0 Å². The van der Waals surface area contributed by atoms with E-state index in [0.29, 0.717) is 5.82 Å². The molecule has 17 nitrogen and oxygen atoms in total. The minimum atomic E-state index is -5.63. The maximum absolute atomic E-state index is 12.0. The first kappa shape index (κ1) is 25.3. The van der Waals surface area contributed by atoms with Crippen molar-refractivity contribution >= 4 is 34.6 Å². The second-order valence-electron chi connectivity index (χ2n) is 6.50. The Labute approximate surface area is 178 Å². The van der Waals surface area contributed by atoms with E-state index in [2.05, 4.69) is 28.1 Å². The molecule has 1 saturated heterocycles. The van der Waals surface area contributed by atoms with Gasteiger partial charge in [0.2, 0.25) is 0 Å². The third kappa shape index (κ3) is 6.17. The number of hydrogen-bond acceptors (Lipinski definition) is 11. The number of phosphoric ester groups is 1. The number of fused-ring (bicyclic) bond motifs is 1. The Hall–Kier alpha value is -1.32. The van der Waals surface area contributed by atoms with Gasteiger partial charge in [-0.1, -0.05) is 0 Å². The fourth-order valence-corrected chi connectivity index (χ4v) is 6.02. The zero-order valence-electron chi connectivity index (χ0n) is 16.4. The molecule has 20 heteroatoms. The largest absolute Gasteiger partial charge is 0.490 e. The predicted octanol–water partition coefficient (Wildman–Crippen LogP) is 0.0738. The quantitative estimate of drug-likeness (QED) is 0.275. The molecule has 2 aromatic rings. The van der Waals surface area contributed by atoms with Crippen LogP contribution in [0.2, 0.25) is 0 Å². The minimum Gasteiger partial charge on any atom is -0.378 e. The van der Waals surface area contributed by atoms with Crippen LogP contribution in [0.15, 0.2) is 11.1 Å². The third-order valence-corrected chi connectivity index (χ3v) is 7.96. The van der Waals surface area contributed by atoms with Crippen LogP contribution in [0.4, 0.5) is 0 Å². The zero-order valence-corrected chi connectivity index (χ0v) is 19.1. The van der Waals surface area contributed by atoms with Gasteiger partial charge in [-0.3, -0.25) is 13.9 Å². The Morgan fingerprint density at radius 2 is 1.91 bits per heavy atom. The Kier molecular flexibility index (Phi) is 7.23. The number of methoxy groups -OCH3 is 1. The standard InChI is InChI=1S/C12H19N4O13P3/c1-6-14-11-10(12(17)15-6)13-5-16(11)9-3-7(25-2)8(27-9)4-26-31(21,22)29-32(23,24)28-30(18,19)20/h5,7-9H,3-4H2,1-2H3,(H,21,22)(H,23,24)(H,14,15,17)(H2,18,19,20)/t7?,8-,9-/m1/s1. The predicted molar refractivity (Wildman–Crippen MR) is 102 cm³/mol. The molecule has 0 radical (unpaired) electrons. The van der Waals surface area contributed by atoms with Crippen molar-refractivity contribution in [3.8, 4) is 0 Å². The number of nitrogens with one attached hydrogen (secondary N) is 1. The third-order valence-electron chi connectivity index (χ3n) is 4.16. The van der Waals surface area contributed by atoms with Crippen molar-refractivity contribution < 1.29 is 55.9 Å². The van der Waals surface area contributed by atoms with Gasteiger partial charge in [0.1, 0.15) is 18.2 Å². The number of aromatic amines is 1. The molecule has 5 atom stereocenters. The molecule has 5 N–H and O–H groups in total. The summed E-state index contributed by atoms with van der Waals surface area (Å²) in [6.07, 6.45) is -0.912. The molecule has 0 saturated carbocycles. The van der Waals surface area contributed by atoms with Crippen LogP contribution in [0.1, 0.15) is 18.5 Å². The zero-order chi connectivity index (χ0) is 23.9. The van der Waals surface area contributed by atoms with Crippen molar-refractivity contribution in [2.75, 3.05) is 13.7 Å². The summed E-state index contributed by atoms with van der Waals surface area (Å²) in [4.78, 5) is 58.6. The molecule has 3 rings (SSSR count). The number of phosphoric acid groups is 3. The van der Waals surface area contributed by atoms with Crippen LogP contribution < -0.4 is 5.56 Å². The van der Waals surface area contributed by atoms with Gasteiger partial charge >= 0.3 is 23.5 Å². The van der Waals surface area contributed by atoms with Gasteiger partial charge in [-0.25, -0.2) is 23.7 Å². The summed E-state index contributed by atoms with van der Waals surface area (Å²) in [5.74, 6) is 0.342. The lowest BCUT2D eigenvalue weighted by Gasteiger charge is -2.20. The minimum absolute atomic E-state index is 0.0740. The van der Waals surface area contributed by atoms with Crippen molar-refractivity contribution in [3.63, 3.8) is 0 Å². The second kappa shape index (κ2) is 9.14. The lowest BCUT2D eigenvalue weighted by molar-refractivity contribution is -0.0502. The molecular formula is C12H19N4O13P3. The number of hydrogen-bond donors (Lipinski definition) is 5. The smallest absolute Gasteiger partial charge is 0.378 e. The normalized spacial score (nSPS) is 25.6. The van der Waals surface area contributed by atoms with E-state index in [1.807, 2.05) is 0 Å². The highest BCUT2D eigenvalue weighted by Gasteiger charge is 2.43. The van der Waals surface area contributed by atoms with E-state index < -0.39 is 54.1 Å². The first-order chi connectivity index (χ1) is 14.7. The lowest BCUT2D eigenvalue weighted by Crippen LogP contribution is -2.27. The molecular weight excluding hydrogens is 501 g/mol. The highest BCUT2D eigenvalue weighted by molar-refractivity contribution is 7.66. The Morgan fingerprint density at radius 1 is 1.22 bits per heavy atom. The number of H-pyrrole nitrogens is 1. The van der Waals surface area contributed by atoms with E-state index in [-0.39, 0.29) is 17.6 Å². The van der Waals surface area contributed by atoms with Gasteiger partial charge in [-0.2, -0.15) is 8.62 Å². The average Bonchev–Trinajstić information content (AvgIpc) is 3.20. The Balaban J connectivity index is 1.71. The summed E-state index contributed by atoms with van der Waals surface area (Å²) in [5.41, 5.74) is -0.138. The monoisotopic (exact) mass is 520 g/mol. The number of aryl methyl sites for hydroxylation is 1. The fourth-order valence-electron chi connectivity index (χ4n) is 2.99. The number of nitrogens with zero attached hydrogens (tertiary/aromatic N) is 3. The summed E-state index contributed by atoms with van der Waals surface area (Å²) < 4.78 is 58.4. The highest BCUT2D eigenvalue weighted by atomic mass is 31.3. The summed E-state index contributed by atoms with van der Waals surface area (Å²) in [7, 11) is -15.1. The molecule has 1 fully saturated rings. The van der Waals surface area contributed by atoms with E-state index >= 15 is 0 Å². The van der Waals surface area contributed by atoms with Crippen LogP contribution in [0.25, 0.3) is 11.2 Å². The summed E-state index contributed by atoms with van der Waals surface area (Å²) in [6.45, 7) is 0.898. The van der Waals surface area contributed by atoms with Gasteiger partial charge in [-0.15, -0.1) is 0 Å². The molecule has 3 unspecified atom stereocenters. The lowest BCUT2D eigenvalue weighted by atomic mass is 10.2. The number of aromatic nitrogens is 4. The van der Waals surface area contributed by atoms with Crippen molar-refractivity contribution in [1.29, 1.82) is 0 Å². The van der Waals surface area contributed by atoms with Gasteiger partial charge in [0.15, 0.2) is 11.2 Å². The number of imidazole rings is 1. The Bertz CT molecular complexity index is 1190. The van der Waals surface area contributed by atoms with Gasteiger partial charge in [0.25, 0.3) is 5.56 Å². The SMILES string of the molecule is COC1C[C@H](n2cnc3c(=O)[nH]c(C)nc32)O[C@@H]1COP(=O)(O)OP(=O)(O)OP(=O)(O)O. The molecule has 0 aromatic carbocycles. The molecule has 3 heterocycles. The van der Waals surface area contributed by atoms with E-state index in [0.717, 1.165) is 0 Å². The molecule has 0 bridgehead atoms. The summed E-state index contributed by atoms with van der Waals surface area (Å²) in [5, 5.41) is 0. The van der Waals surface area contributed by atoms with Crippen molar-refractivity contribution in [3.05, 3.63) is 22.5 Å². The summed E-state index contributed by atoms with van der Waals surface area (Å²) in [6, 6.07) is 0. The molecule has 1 aliphatic rings. The molecule has 0 amide bonds. The van der Waals surface area contributed by atoms with Gasteiger partial charge in [0.05, 0.1) is 19.0 Å². The molecule has 0 aliphatic carbocycles. The van der Waals surface area contributed by atoms with E-state index in [4.69, 9.17) is 19.3 Å². The van der Waals surface area contributed by atoms with Gasteiger partial charge in [-0.05, 0) is 6.92 Å². The van der Waals surface area contributed by atoms with Crippen LogP contribution in [0.3, 0.4) is 0 Å². The summed E-state index contributed by atoms with van der Waals surface area (Å²) >= 11 is 0. The van der Waals surface area contributed by atoms with Crippen LogP contribution in [-0.4, -0.2) is 65.0 Å². The van der Waals surface area contributed by atoms with Crippen LogP contribution >= 0.6 is 23.5 Å². The molecule has 32 heavy (non-hydrogen) atoms. The molecule has 1 aliphatic heterocycles. The Morgan fingerprint density at radius 3 is 2.53 bits per heavy atom. The molecule has 2 aromatic heterocycles. The number of rotatable bonds is 9. The highest BCUT2D eigenvalue weighted by Crippen LogP contribution is 2.66. The fraction of sp³-hybridized carbons (Fsp3) is 0.583. The van der Waals surface area contributed by atoms with E-state index in [1.54, 1.807) is 6.92 Å². The van der Waals surface area contributed by atoms with E-state index in [1.165, 1.54) is 18.0 Å². The molecule has 0 spiro atoms. The average molecular weight is 520 g/mol. The van der Waals surface area contributed by atoms with Crippen molar-refractivity contribution in [2.45, 2.75) is 31.8 Å². The van der Waals surface area contributed by atoms with Gasteiger partial charge in [0, 0.05) is 13.5 Å². The van der Waals surface area contributed by atoms with E-state index in [9.17, 15) is 28.3 Å². The first-order valence-electron chi connectivity index (χ1n) is 8.60.